The van der Waals surface area contributed by atoms with Gasteiger partial charge in [0.05, 0.1) is 16.6 Å². The van der Waals surface area contributed by atoms with Crippen LogP contribution in [0.4, 0.5) is 0 Å². The molecule has 1 aromatic carbocycles. The Hall–Kier alpha value is -1.56. The molecule has 6 heteroatoms. The van der Waals surface area contributed by atoms with E-state index in [-0.39, 0.29) is 11.8 Å². The van der Waals surface area contributed by atoms with Crippen molar-refractivity contribution in [2.75, 3.05) is 19.6 Å². The summed E-state index contributed by atoms with van der Waals surface area (Å²) in [6, 6.07) is 10.5. The zero-order valence-corrected chi connectivity index (χ0v) is 17.1. The van der Waals surface area contributed by atoms with Crippen LogP contribution in [0, 0.1) is 0 Å². The first kappa shape index (κ1) is 17.5. The lowest BCUT2D eigenvalue weighted by atomic mass is 9.91. The van der Waals surface area contributed by atoms with Crippen molar-refractivity contribution in [2.45, 2.75) is 44.4 Å². The molecular weight excluding hydrogens is 378 g/mol. The van der Waals surface area contributed by atoms with Crippen LogP contribution < -0.4 is 4.74 Å². The number of ether oxygens (including phenoxy) is 1. The second kappa shape index (κ2) is 6.80. The van der Waals surface area contributed by atoms with E-state index in [1.54, 1.807) is 11.3 Å². The second-order valence-electron chi connectivity index (χ2n) is 7.66. The first-order chi connectivity index (χ1) is 13.2. The van der Waals surface area contributed by atoms with Gasteiger partial charge in [0.15, 0.2) is 0 Å². The van der Waals surface area contributed by atoms with Crippen LogP contribution in [0.2, 0.25) is 5.02 Å². The Morgan fingerprint density at radius 2 is 2.15 bits per heavy atom. The number of fused-ring (bicyclic) bond motifs is 4. The Balaban J connectivity index is 1.53. The van der Waals surface area contributed by atoms with Gasteiger partial charge in [-0.3, -0.25) is 0 Å². The molecule has 1 aromatic heterocycles. The molecule has 0 saturated carbocycles. The topological polar surface area (TPSA) is 28.1 Å². The number of nitrogens with zero attached hydrogens (tertiary/aromatic N) is 3. The molecule has 0 bridgehead atoms. The van der Waals surface area contributed by atoms with Gasteiger partial charge in [0.2, 0.25) is 5.72 Å². The number of hydrogen-bond acceptors (Lipinski definition) is 5. The van der Waals surface area contributed by atoms with E-state index < -0.39 is 0 Å². The maximum Gasteiger partial charge on any atom is 0.200 e. The third-order valence-corrected chi connectivity index (χ3v) is 7.10. The van der Waals surface area contributed by atoms with Gasteiger partial charge in [-0.05, 0) is 42.6 Å². The number of thiophene rings is 1. The fourth-order valence-corrected chi connectivity index (χ4v) is 5.52. The van der Waals surface area contributed by atoms with Crippen LogP contribution in [0.25, 0.3) is 0 Å². The van der Waals surface area contributed by atoms with Gasteiger partial charge < -0.3 is 9.64 Å². The van der Waals surface area contributed by atoms with Gasteiger partial charge >= 0.3 is 0 Å². The van der Waals surface area contributed by atoms with E-state index in [1.165, 1.54) is 22.6 Å². The summed E-state index contributed by atoms with van der Waals surface area (Å²) in [5.74, 6) is 0.979. The smallest absolute Gasteiger partial charge is 0.200 e. The van der Waals surface area contributed by atoms with Gasteiger partial charge in [-0.25, -0.2) is 5.01 Å². The maximum atomic E-state index is 6.66. The standard InChI is InChI=1S/C21H24ClN3OS/c1-2-9-24-10-7-21(8-11-24)25-18(14-17(23-25)20-4-3-12-27-20)16-13-15(22)5-6-19(16)26-21/h3-6,12-13,18H,2,7-11,14H2,1H3. The minimum atomic E-state index is -0.339. The predicted octanol–water partition coefficient (Wildman–Crippen LogP) is 5.15. The number of benzene rings is 1. The summed E-state index contributed by atoms with van der Waals surface area (Å²) >= 11 is 8.08. The van der Waals surface area contributed by atoms with Crippen molar-refractivity contribution in [1.29, 1.82) is 0 Å². The molecule has 142 valence electrons. The molecule has 1 saturated heterocycles. The SMILES string of the molecule is CCCN1CCC2(CC1)Oc1ccc(Cl)cc1C1CC(c3cccs3)=NN12. The van der Waals surface area contributed by atoms with Crippen LogP contribution in [0.3, 0.4) is 0 Å². The predicted molar refractivity (Wildman–Crippen MR) is 111 cm³/mol. The van der Waals surface area contributed by atoms with Gasteiger partial charge in [0, 0.05) is 42.9 Å². The zero-order chi connectivity index (χ0) is 18.4. The van der Waals surface area contributed by atoms with E-state index in [0.29, 0.717) is 0 Å². The highest BCUT2D eigenvalue weighted by Gasteiger charge is 2.51. The third-order valence-electron chi connectivity index (χ3n) is 5.94. The fraction of sp³-hybridized carbons (Fsp3) is 0.476. The lowest BCUT2D eigenvalue weighted by Crippen LogP contribution is -2.59. The Morgan fingerprint density at radius 3 is 2.89 bits per heavy atom. The highest BCUT2D eigenvalue weighted by atomic mass is 35.5. The van der Waals surface area contributed by atoms with Gasteiger partial charge in [-0.2, -0.15) is 5.10 Å². The van der Waals surface area contributed by atoms with Crippen LogP contribution in [-0.2, 0) is 0 Å². The Morgan fingerprint density at radius 1 is 1.30 bits per heavy atom. The molecule has 1 spiro atoms. The molecule has 27 heavy (non-hydrogen) atoms. The summed E-state index contributed by atoms with van der Waals surface area (Å²) in [4.78, 5) is 3.80. The van der Waals surface area contributed by atoms with Gasteiger partial charge in [-0.15, -0.1) is 11.3 Å². The highest BCUT2D eigenvalue weighted by Crippen LogP contribution is 2.50. The van der Waals surface area contributed by atoms with Crippen molar-refractivity contribution in [1.82, 2.24) is 9.91 Å². The van der Waals surface area contributed by atoms with Crippen LogP contribution >= 0.6 is 22.9 Å². The quantitative estimate of drug-likeness (QED) is 0.712. The molecule has 4 nitrogen and oxygen atoms in total. The molecule has 4 heterocycles. The van der Waals surface area contributed by atoms with Crippen molar-refractivity contribution >= 4 is 28.6 Å². The van der Waals surface area contributed by atoms with Gasteiger partial charge in [0.1, 0.15) is 5.75 Å². The number of rotatable bonds is 3. The summed E-state index contributed by atoms with van der Waals surface area (Å²) in [6.07, 6.45) is 4.07. The molecule has 0 radical (unpaired) electrons. The van der Waals surface area contributed by atoms with E-state index >= 15 is 0 Å². The number of likely N-dealkylation sites (tertiary alicyclic amines) is 1. The molecule has 0 aliphatic carbocycles. The van der Waals surface area contributed by atoms with Crippen LogP contribution in [0.5, 0.6) is 5.75 Å². The van der Waals surface area contributed by atoms with Crippen molar-refractivity contribution in [2.24, 2.45) is 5.10 Å². The number of hydrogen-bond donors (Lipinski definition) is 0. The van der Waals surface area contributed by atoms with Crippen molar-refractivity contribution in [3.8, 4) is 5.75 Å². The summed E-state index contributed by atoms with van der Waals surface area (Å²) in [5.41, 5.74) is 2.00. The lowest BCUT2D eigenvalue weighted by molar-refractivity contribution is -0.149. The van der Waals surface area contributed by atoms with Crippen LogP contribution in [0.15, 0.2) is 40.8 Å². The van der Waals surface area contributed by atoms with Gasteiger partial charge in [0.25, 0.3) is 0 Å². The third kappa shape index (κ3) is 2.96. The molecule has 3 aliphatic heterocycles. The molecule has 1 fully saturated rings. The van der Waals surface area contributed by atoms with E-state index in [4.69, 9.17) is 21.4 Å². The minimum absolute atomic E-state index is 0.210. The van der Waals surface area contributed by atoms with E-state index in [9.17, 15) is 0 Å². The lowest BCUT2D eigenvalue weighted by Gasteiger charge is -2.51. The van der Waals surface area contributed by atoms with E-state index in [1.807, 2.05) is 12.1 Å². The molecule has 0 N–H and O–H groups in total. The normalized spacial score (nSPS) is 23.7. The Labute approximate surface area is 169 Å². The highest BCUT2D eigenvalue weighted by molar-refractivity contribution is 7.12. The number of halogens is 1. The van der Waals surface area contributed by atoms with Crippen molar-refractivity contribution in [3.63, 3.8) is 0 Å². The first-order valence-corrected chi connectivity index (χ1v) is 11.1. The average Bonchev–Trinajstić information content (AvgIpc) is 3.34. The summed E-state index contributed by atoms with van der Waals surface area (Å²) in [7, 11) is 0. The molecule has 5 rings (SSSR count). The van der Waals surface area contributed by atoms with E-state index in [2.05, 4.69) is 40.4 Å². The number of hydrazone groups is 1. The molecule has 0 amide bonds. The molecule has 2 aromatic rings. The van der Waals surface area contributed by atoms with Crippen LogP contribution in [-0.4, -0.2) is 41.0 Å². The molecule has 1 atom stereocenters. The summed E-state index contributed by atoms with van der Waals surface area (Å²) < 4.78 is 6.66. The largest absolute Gasteiger partial charge is 0.466 e. The maximum absolute atomic E-state index is 6.66. The monoisotopic (exact) mass is 401 g/mol. The van der Waals surface area contributed by atoms with Crippen LogP contribution in [0.1, 0.15) is 49.1 Å². The summed E-state index contributed by atoms with van der Waals surface area (Å²) in [5, 5.41) is 10.3. The Kier molecular flexibility index (Phi) is 4.42. The van der Waals surface area contributed by atoms with Crippen molar-refractivity contribution in [3.05, 3.63) is 51.2 Å². The first-order valence-electron chi connectivity index (χ1n) is 9.80. The Bertz CT molecular complexity index is 858. The zero-order valence-electron chi connectivity index (χ0n) is 15.5. The number of piperidine rings is 1. The fourth-order valence-electron chi connectivity index (χ4n) is 4.62. The minimum Gasteiger partial charge on any atom is -0.466 e. The average molecular weight is 402 g/mol. The van der Waals surface area contributed by atoms with Crippen molar-refractivity contribution < 1.29 is 4.74 Å². The summed E-state index contributed by atoms with van der Waals surface area (Å²) in [6.45, 7) is 5.53. The molecule has 1 unspecified atom stereocenters. The molecular formula is C21H24ClN3OS. The van der Waals surface area contributed by atoms with E-state index in [0.717, 1.165) is 49.7 Å². The second-order valence-corrected chi connectivity index (χ2v) is 9.04. The molecule has 3 aliphatic rings. The van der Waals surface area contributed by atoms with Gasteiger partial charge in [-0.1, -0.05) is 24.6 Å².